The van der Waals surface area contributed by atoms with E-state index < -0.39 is 11.8 Å². The fraction of sp³-hybridized carbons (Fsp3) is 0.754. The van der Waals surface area contributed by atoms with Gasteiger partial charge in [-0.15, -0.1) is 0 Å². The van der Waals surface area contributed by atoms with Crippen LogP contribution >= 0.6 is 0 Å². The van der Waals surface area contributed by atoms with Crippen molar-refractivity contribution in [3.8, 4) is 11.5 Å². The molecular weight excluding hydrogens is 1000 g/mol. The summed E-state index contributed by atoms with van der Waals surface area (Å²) in [5.41, 5.74) is 13.2. The van der Waals surface area contributed by atoms with Gasteiger partial charge in [-0.1, -0.05) is 299 Å². The normalized spacial score (nSPS) is 11.8. The van der Waals surface area contributed by atoms with Gasteiger partial charge in [0.25, 0.3) is 11.8 Å². The number of carbonyl (C=O) groups excluding carboxylic acids is 2. The van der Waals surface area contributed by atoms with Gasteiger partial charge in [0.05, 0.1) is 11.1 Å². The van der Waals surface area contributed by atoms with Crippen molar-refractivity contribution in [3.05, 3.63) is 58.7 Å². The van der Waals surface area contributed by atoms with Crippen molar-refractivity contribution in [3.63, 3.8) is 0 Å². The average molecular weight is 1130 g/mol. The van der Waals surface area contributed by atoms with Crippen LogP contribution in [0.15, 0.2) is 36.4 Å². The van der Waals surface area contributed by atoms with Crippen LogP contribution in [0.2, 0.25) is 0 Å². The second-order valence-electron chi connectivity index (χ2n) is 25.2. The molecule has 0 aliphatic carbocycles. The summed E-state index contributed by atoms with van der Waals surface area (Å²) in [4.78, 5) is 44.4. The number of phenols is 2. The van der Waals surface area contributed by atoms with Gasteiger partial charge in [0.2, 0.25) is 17.8 Å². The van der Waals surface area contributed by atoms with Gasteiger partial charge in [0, 0.05) is 13.1 Å². The number of unbranched alkanes of at least 4 members (excludes halogenated alkanes) is 34. The molecule has 0 spiro atoms. The molecular formula is C69H120N8O4. The van der Waals surface area contributed by atoms with Gasteiger partial charge in [0.1, 0.15) is 11.5 Å². The van der Waals surface area contributed by atoms with E-state index in [2.05, 4.69) is 87.0 Å². The van der Waals surface area contributed by atoms with Gasteiger partial charge in [-0.3, -0.25) is 31.3 Å². The van der Waals surface area contributed by atoms with E-state index in [4.69, 9.17) is 9.97 Å². The van der Waals surface area contributed by atoms with Crippen LogP contribution in [0.5, 0.6) is 11.5 Å². The number of phenolic OH excluding ortho intramolecular Hbond substituents is 2. The van der Waals surface area contributed by atoms with Gasteiger partial charge >= 0.3 is 0 Å². The van der Waals surface area contributed by atoms with Crippen molar-refractivity contribution in [2.45, 2.75) is 323 Å². The molecule has 1 aromatic heterocycles. The minimum Gasteiger partial charge on any atom is -0.507 e. The Morgan fingerprint density at radius 2 is 0.667 bits per heavy atom. The van der Waals surface area contributed by atoms with E-state index >= 15 is 0 Å². The van der Waals surface area contributed by atoms with Crippen LogP contribution in [0, 0.1) is 0 Å². The number of hydrazine groups is 2. The molecule has 3 aromatic rings. The molecule has 0 bridgehead atoms. The molecule has 12 nitrogen and oxygen atoms in total. The number of nitrogens with one attached hydrogen (secondary N) is 4. The number of hydrogen-bond acceptors (Lipinski definition) is 10. The fourth-order valence-electron chi connectivity index (χ4n) is 11.2. The summed E-state index contributed by atoms with van der Waals surface area (Å²) in [6.45, 7) is 19.2. The summed E-state index contributed by atoms with van der Waals surface area (Å²) in [7, 11) is 0. The van der Waals surface area contributed by atoms with Gasteiger partial charge in [-0.25, -0.2) is 0 Å². The third-order valence-corrected chi connectivity index (χ3v) is 16.9. The third kappa shape index (κ3) is 30.5. The van der Waals surface area contributed by atoms with E-state index in [1.54, 1.807) is 24.3 Å². The van der Waals surface area contributed by atoms with E-state index in [-0.39, 0.29) is 45.4 Å². The number of aromatic nitrogens is 3. The number of nitrogens with zero attached hydrogens (tertiary/aromatic N) is 4. The fourth-order valence-corrected chi connectivity index (χ4v) is 11.2. The topological polar surface area (TPSA) is 165 Å². The maximum absolute atomic E-state index is 13.9. The SMILES string of the molecule is CCCCCCCCCCCCCCCCCCN(CCCCCCCCCCCCCCCCCC)c1nc(NNC(=O)c2cc(C(C)(C)CCCCC)ccc2O)nc(NNC(=O)c2cc(C(C)(C)CCCCC)ccc2O)n1. The Morgan fingerprint density at radius 1 is 0.395 bits per heavy atom. The average Bonchev–Trinajstić information content (AvgIpc) is 3.50. The van der Waals surface area contributed by atoms with Gasteiger partial charge < -0.3 is 15.1 Å². The van der Waals surface area contributed by atoms with Crippen molar-refractivity contribution in [1.82, 2.24) is 25.8 Å². The van der Waals surface area contributed by atoms with Crippen molar-refractivity contribution in [2.24, 2.45) is 0 Å². The van der Waals surface area contributed by atoms with Crippen molar-refractivity contribution in [1.29, 1.82) is 0 Å². The first-order chi connectivity index (χ1) is 39.3. The highest BCUT2D eigenvalue weighted by molar-refractivity contribution is 5.98. The minimum absolute atomic E-state index is 0.0725. The lowest BCUT2D eigenvalue weighted by molar-refractivity contribution is 0.0951. The molecule has 0 atom stereocenters. The Balaban J connectivity index is 1.77. The number of aromatic hydroxyl groups is 2. The minimum atomic E-state index is -0.533. The smallest absolute Gasteiger partial charge is 0.273 e. The summed E-state index contributed by atoms with van der Waals surface area (Å²) in [5, 5.41) is 21.9. The largest absolute Gasteiger partial charge is 0.507 e. The monoisotopic (exact) mass is 1120 g/mol. The molecule has 0 saturated heterocycles. The molecule has 460 valence electrons. The summed E-state index contributed by atoms with van der Waals surface area (Å²) in [5.74, 6) is -0.734. The molecule has 0 unspecified atom stereocenters. The second kappa shape index (κ2) is 43.1. The number of hydrogen-bond donors (Lipinski definition) is 6. The van der Waals surface area contributed by atoms with Gasteiger partial charge in [-0.05, 0) is 71.9 Å². The molecule has 0 aliphatic rings. The molecule has 1 heterocycles. The second-order valence-corrected chi connectivity index (χ2v) is 25.2. The zero-order valence-corrected chi connectivity index (χ0v) is 53.2. The maximum Gasteiger partial charge on any atom is 0.273 e. The summed E-state index contributed by atoms with van der Waals surface area (Å²) in [6.07, 6.45) is 50.3. The third-order valence-electron chi connectivity index (χ3n) is 16.9. The van der Waals surface area contributed by atoms with Crippen LogP contribution in [0.25, 0.3) is 0 Å². The molecule has 6 N–H and O–H groups in total. The molecule has 0 saturated carbocycles. The summed E-state index contributed by atoms with van der Waals surface area (Å²) < 4.78 is 0. The van der Waals surface area contributed by atoms with Crippen LogP contribution in [-0.2, 0) is 10.8 Å². The lowest BCUT2D eigenvalue weighted by Crippen LogP contribution is -2.34. The first kappa shape index (κ1) is 70.7. The van der Waals surface area contributed by atoms with Gasteiger partial charge in [-0.2, -0.15) is 15.0 Å². The van der Waals surface area contributed by atoms with Crippen molar-refractivity contribution < 1.29 is 19.8 Å². The molecule has 0 fully saturated rings. The highest BCUT2D eigenvalue weighted by atomic mass is 16.3. The summed E-state index contributed by atoms with van der Waals surface area (Å²) in [6, 6.07) is 10.5. The number of anilines is 3. The molecule has 0 aliphatic heterocycles. The number of carbonyl (C=O) groups is 2. The molecule has 3 rings (SSSR count). The molecule has 0 radical (unpaired) electrons. The van der Waals surface area contributed by atoms with E-state index in [1.165, 1.54) is 180 Å². The van der Waals surface area contributed by atoms with Crippen LogP contribution in [0.4, 0.5) is 17.8 Å². The Morgan fingerprint density at radius 3 is 0.963 bits per heavy atom. The molecule has 81 heavy (non-hydrogen) atoms. The van der Waals surface area contributed by atoms with E-state index in [0.29, 0.717) is 5.95 Å². The lowest BCUT2D eigenvalue weighted by atomic mass is 9.79. The van der Waals surface area contributed by atoms with E-state index in [0.717, 1.165) is 101 Å². The Kier molecular flexibility index (Phi) is 37.6. The van der Waals surface area contributed by atoms with Crippen LogP contribution < -0.4 is 26.6 Å². The number of rotatable bonds is 51. The quantitative estimate of drug-likeness (QED) is 0.0237. The first-order valence-electron chi connectivity index (χ1n) is 33.6. The Bertz CT molecular complexity index is 1970. The highest BCUT2D eigenvalue weighted by Crippen LogP contribution is 2.34. The van der Waals surface area contributed by atoms with Crippen LogP contribution in [0.1, 0.15) is 344 Å². The number of amides is 2. The highest BCUT2D eigenvalue weighted by Gasteiger charge is 2.25. The standard InChI is InChI=1S/C69H120N8O4/c1-9-13-17-19-21-23-25-27-29-31-33-35-37-39-41-45-53-77(54-46-42-40-38-36-34-32-30-28-26-24-22-20-18-14-10-2)67-71-65(75-73-63(80)59-55-57(47-49-61(59)78)68(5,6)51-43-15-11-3)70-66(72-67)76-74-64(81)60-56-58(48-50-62(60)79)69(7,8)52-44-16-12-4/h47-50,55-56,78-79H,9-46,51-54H2,1-8H3,(H,73,80)(H,74,81)(H2,70,71,72,75,76). The zero-order valence-electron chi connectivity index (χ0n) is 53.2. The van der Waals surface area contributed by atoms with Crippen LogP contribution in [0.3, 0.4) is 0 Å². The van der Waals surface area contributed by atoms with Crippen molar-refractivity contribution >= 4 is 29.7 Å². The van der Waals surface area contributed by atoms with Crippen molar-refractivity contribution in [2.75, 3.05) is 28.8 Å². The lowest BCUT2D eigenvalue weighted by Gasteiger charge is -2.26. The Hall–Kier alpha value is -4.61. The summed E-state index contributed by atoms with van der Waals surface area (Å²) >= 11 is 0. The Labute approximate surface area is 495 Å². The zero-order chi connectivity index (χ0) is 58.8. The van der Waals surface area contributed by atoms with Gasteiger partial charge in [0.15, 0.2) is 0 Å². The van der Waals surface area contributed by atoms with E-state index in [1.807, 2.05) is 12.1 Å². The predicted molar refractivity (Wildman–Crippen MR) is 344 cm³/mol. The molecule has 12 heteroatoms. The van der Waals surface area contributed by atoms with E-state index in [9.17, 15) is 19.8 Å². The predicted octanol–water partition coefficient (Wildman–Crippen LogP) is 19.8. The first-order valence-corrected chi connectivity index (χ1v) is 33.6. The maximum atomic E-state index is 13.9. The number of benzene rings is 2. The van der Waals surface area contributed by atoms with Crippen LogP contribution in [-0.4, -0.2) is 50.1 Å². The molecule has 2 aromatic carbocycles. The molecule has 2 amide bonds.